The third-order valence-electron chi connectivity index (χ3n) is 3.57. The van der Waals surface area contributed by atoms with Gasteiger partial charge < -0.3 is 10.6 Å². The minimum Gasteiger partial charge on any atom is -0.355 e. The monoisotopic (exact) mass is 350 g/mol. The van der Waals surface area contributed by atoms with Crippen molar-refractivity contribution in [2.45, 2.75) is 32.9 Å². The first-order valence-corrected chi connectivity index (χ1v) is 7.92. The summed E-state index contributed by atoms with van der Waals surface area (Å²) in [5.41, 5.74) is 9.54. The molecule has 114 valence electrons. The van der Waals surface area contributed by atoms with E-state index in [1.807, 2.05) is 31.6 Å². The van der Waals surface area contributed by atoms with Crippen molar-refractivity contribution in [3.8, 4) is 0 Å². The fourth-order valence-corrected chi connectivity index (χ4v) is 3.10. The van der Waals surface area contributed by atoms with Crippen LogP contribution in [0.3, 0.4) is 0 Å². The standard InChI is InChI=1S/C16H23BrN4/c1-11(18)9-14-12(2)19-21(4)16(14)20(3)10-13-7-5-6-8-15(13)17/h5-8,11H,9-10,18H2,1-4H3. The molecule has 1 aromatic carbocycles. The topological polar surface area (TPSA) is 47.1 Å². The first kappa shape index (κ1) is 16.0. The van der Waals surface area contributed by atoms with E-state index in [2.05, 4.69) is 51.2 Å². The van der Waals surface area contributed by atoms with Gasteiger partial charge in [0.05, 0.1) is 5.69 Å². The van der Waals surface area contributed by atoms with E-state index >= 15 is 0 Å². The van der Waals surface area contributed by atoms with E-state index in [1.165, 1.54) is 11.1 Å². The number of nitrogens with two attached hydrogens (primary N) is 1. The lowest BCUT2D eigenvalue weighted by Crippen LogP contribution is -2.24. The van der Waals surface area contributed by atoms with Gasteiger partial charge >= 0.3 is 0 Å². The van der Waals surface area contributed by atoms with Gasteiger partial charge in [-0.2, -0.15) is 5.10 Å². The number of hydrogen-bond donors (Lipinski definition) is 1. The normalized spacial score (nSPS) is 12.5. The molecule has 21 heavy (non-hydrogen) atoms. The van der Waals surface area contributed by atoms with Crippen LogP contribution in [0.25, 0.3) is 0 Å². The molecule has 0 aliphatic heterocycles. The average molecular weight is 351 g/mol. The van der Waals surface area contributed by atoms with E-state index in [4.69, 9.17) is 5.73 Å². The first-order chi connectivity index (χ1) is 9.90. The molecule has 0 saturated carbocycles. The van der Waals surface area contributed by atoms with Gasteiger partial charge in [-0.25, -0.2) is 0 Å². The van der Waals surface area contributed by atoms with Crippen LogP contribution in [0.15, 0.2) is 28.7 Å². The largest absolute Gasteiger partial charge is 0.355 e. The highest BCUT2D eigenvalue weighted by Crippen LogP contribution is 2.26. The second-order valence-electron chi connectivity index (χ2n) is 5.64. The molecule has 2 rings (SSSR count). The molecule has 5 heteroatoms. The van der Waals surface area contributed by atoms with Crippen molar-refractivity contribution < 1.29 is 0 Å². The van der Waals surface area contributed by atoms with Gasteiger partial charge in [-0.05, 0) is 31.9 Å². The van der Waals surface area contributed by atoms with Crippen molar-refractivity contribution in [2.24, 2.45) is 12.8 Å². The quantitative estimate of drug-likeness (QED) is 0.901. The predicted molar refractivity (Wildman–Crippen MR) is 91.5 cm³/mol. The maximum absolute atomic E-state index is 5.99. The van der Waals surface area contributed by atoms with Crippen molar-refractivity contribution in [3.63, 3.8) is 0 Å². The Bertz CT molecular complexity index is 619. The van der Waals surface area contributed by atoms with E-state index in [1.54, 1.807) is 0 Å². The van der Waals surface area contributed by atoms with Crippen LogP contribution < -0.4 is 10.6 Å². The molecule has 2 aromatic rings. The lowest BCUT2D eigenvalue weighted by atomic mass is 10.1. The molecule has 0 bridgehead atoms. The molecule has 0 aliphatic carbocycles. The Morgan fingerprint density at radius 3 is 2.67 bits per heavy atom. The number of hydrogen-bond acceptors (Lipinski definition) is 3. The highest BCUT2D eigenvalue weighted by atomic mass is 79.9. The van der Waals surface area contributed by atoms with Crippen LogP contribution in [0.1, 0.15) is 23.7 Å². The average Bonchev–Trinajstić information content (AvgIpc) is 2.66. The molecule has 0 spiro atoms. The minimum atomic E-state index is 0.128. The molecule has 0 fully saturated rings. The maximum Gasteiger partial charge on any atom is 0.130 e. The summed E-state index contributed by atoms with van der Waals surface area (Å²) in [6.07, 6.45) is 0.843. The summed E-state index contributed by atoms with van der Waals surface area (Å²) in [5.74, 6) is 1.14. The lowest BCUT2D eigenvalue weighted by Gasteiger charge is -2.22. The summed E-state index contributed by atoms with van der Waals surface area (Å²) in [5, 5.41) is 4.56. The smallest absolute Gasteiger partial charge is 0.130 e. The number of benzene rings is 1. The number of anilines is 1. The van der Waals surface area contributed by atoms with Crippen LogP contribution in [-0.4, -0.2) is 22.9 Å². The van der Waals surface area contributed by atoms with Gasteiger partial charge in [0.15, 0.2) is 0 Å². The van der Waals surface area contributed by atoms with Gasteiger partial charge in [0, 0.05) is 36.7 Å². The molecule has 1 aromatic heterocycles. The van der Waals surface area contributed by atoms with Gasteiger partial charge in [-0.1, -0.05) is 34.1 Å². The predicted octanol–water partition coefficient (Wildman–Crippen LogP) is 3.02. The number of halogens is 1. The summed E-state index contributed by atoms with van der Waals surface area (Å²) in [6.45, 7) is 4.91. The second-order valence-corrected chi connectivity index (χ2v) is 6.49. The highest BCUT2D eigenvalue weighted by Gasteiger charge is 2.18. The zero-order valence-electron chi connectivity index (χ0n) is 13.1. The summed E-state index contributed by atoms with van der Waals surface area (Å²) < 4.78 is 3.08. The Hall–Kier alpha value is -1.33. The SMILES string of the molecule is Cc1nn(C)c(N(C)Cc2ccccc2Br)c1CC(C)N. The Morgan fingerprint density at radius 1 is 1.38 bits per heavy atom. The van der Waals surface area contributed by atoms with Crippen molar-refractivity contribution in [1.29, 1.82) is 0 Å². The van der Waals surface area contributed by atoms with Crippen LogP contribution in [0.5, 0.6) is 0 Å². The molecule has 4 nitrogen and oxygen atoms in total. The number of aryl methyl sites for hydroxylation is 2. The van der Waals surface area contributed by atoms with E-state index in [9.17, 15) is 0 Å². The van der Waals surface area contributed by atoms with Gasteiger partial charge in [-0.3, -0.25) is 4.68 Å². The maximum atomic E-state index is 5.99. The molecule has 1 atom stereocenters. The molecule has 0 saturated heterocycles. The molecular formula is C16H23BrN4. The molecule has 0 amide bonds. The first-order valence-electron chi connectivity index (χ1n) is 7.12. The van der Waals surface area contributed by atoms with Gasteiger partial charge in [0.1, 0.15) is 5.82 Å². The summed E-state index contributed by atoms with van der Waals surface area (Å²) in [4.78, 5) is 2.23. The Kier molecular flexibility index (Phi) is 5.06. The minimum absolute atomic E-state index is 0.128. The molecule has 0 radical (unpaired) electrons. The number of aromatic nitrogens is 2. The molecular weight excluding hydrogens is 328 g/mol. The van der Waals surface area contributed by atoms with Gasteiger partial charge in [-0.15, -0.1) is 0 Å². The van der Waals surface area contributed by atoms with Crippen LogP contribution in [-0.2, 0) is 20.0 Å². The Labute approximate surface area is 135 Å². The fraction of sp³-hybridized carbons (Fsp3) is 0.438. The zero-order valence-corrected chi connectivity index (χ0v) is 14.7. The van der Waals surface area contributed by atoms with E-state index in [0.717, 1.165) is 29.0 Å². The molecule has 1 unspecified atom stereocenters. The van der Waals surface area contributed by atoms with Crippen LogP contribution in [0.2, 0.25) is 0 Å². The van der Waals surface area contributed by atoms with E-state index < -0.39 is 0 Å². The van der Waals surface area contributed by atoms with E-state index in [-0.39, 0.29) is 6.04 Å². The summed E-state index contributed by atoms with van der Waals surface area (Å²) in [6, 6.07) is 8.42. The summed E-state index contributed by atoms with van der Waals surface area (Å²) in [7, 11) is 4.09. The third-order valence-corrected chi connectivity index (χ3v) is 4.34. The third kappa shape index (κ3) is 3.66. The Morgan fingerprint density at radius 2 is 2.05 bits per heavy atom. The molecule has 0 aliphatic rings. The Balaban J connectivity index is 2.31. The van der Waals surface area contributed by atoms with Crippen LogP contribution in [0.4, 0.5) is 5.82 Å². The van der Waals surface area contributed by atoms with Crippen molar-refractivity contribution in [3.05, 3.63) is 45.6 Å². The number of rotatable bonds is 5. The lowest BCUT2D eigenvalue weighted by molar-refractivity contribution is 0.714. The summed E-state index contributed by atoms with van der Waals surface area (Å²) >= 11 is 3.61. The second kappa shape index (κ2) is 6.62. The van der Waals surface area contributed by atoms with Crippen LogP contribution >= 0.6 is 15.9 Å². The molecule has 2 N–H and O–H groups in total. The highest BCUT2D eigenvalue weighted by molar-refractivity contribution is 9.10. The van der Waals surface area contributed by atoms with Crippen molar-refractivity contribution >= 4 is 21.7 Å². The van der Waals surface area contributed by atoms with E-state index in [0.29, 0.717) is 0 Å². The van der Waals surface area contributed by atoms with Gasteiger partial charge in [0.25, 0.3) is 0 Å². The molecule has 1 heterocycles. The van der Waals surface area contributed by atoms with Crippen molar-refractivity contribution in [2.75, 3.05) is 11.9 Å². The number of nitrogens with zero attached hydrogens (tertiary/aromatic N) is 3. The van der Waals surface area contributed by atoms with Crippen LogP contribution in [0, 0.1) is 6.92 Å². The fourth-order valence-electron chi connectivity index (χ4n) is 2.69. The zero-order chi connectivity index (χ0) is 15.6. The van der Waals surface area contributed by atoms with Gasteiger partial charge in [0.2, 0.25) is 0 Å². The van der Waals surface area contributed by atoms with Crippen molar-refractivity contribution in [1.82, 2.24) is 9.78 Å².